The first-order chi connectivity index (χ1) is 7.68. The molecule has 0 saturated heterocycles. The van der Waals surface area contributed by atoms with Crippen LogP contribution in [0.25, 0.3) is 0 Å². The van der Waals surface area contributed by atoms with Crippen LogP contribution >= 0.6 is 11.6 Å². The van der Waals surface area contributed by atoms with Crippen LogP contribution in [0.4, 0.5) is 0 Å². The molecule has 4 heteroatoms. The number of hydrogen-bond acceptors (Lipinski definition) is 2. The third kappa shape index (κ3) is 2.31. The molecule has 0 radical (unpaired) electrons. The van der Waals surface area contributed by atoms with Crippen LogP contribution in [0.3, 0.4) is 0 Å². The number of hydrogen-bond donors (Lipinski definition) is 0. The van der Waals surface area contributed by atoms with E-state index in [4.69, 9.17) is 11.6 Å². The van der Waals surface area contributed by atoms with Gasteiger partial charge < -0.3 is 0 Å². The highest BCUT2D eigenvalue weighted by atomic mass is 35.5. The number of nitrogens with zero attached hydrogens (tertiary/aromatic N) is 1. The van der Waals surface area contributed by atoms with Crippen molar-refractivity contribution in [3.05, 3.63) is 53.2 Å². The normalized spacial score (nSPS) is 12.4. The molecule has 0 fully saturated rings. The highest BCUT2D eigenvalue weighted by molar-refractivity contribution is 7.85. The van der Waals surface area contributed by atoms with E-state index in [9.17, 15) is 4.21 Å². The number of aromatic nitrogens is 1. The van der Waals surface area contributed by atoms with Gasteiger partial charge in [-0.05, 0) is 30.7 Å². The van der Waals surface area contributed by atoms with Crippen LogP contribution in [0.15, 0.2) is 52.5 Å². The van der Waals surface area contributed by atoms with Crippen LogP contribution in [-0.4, -0.2) is 9.19 Å². The Bertz CT molecular complexity index is 528. The number of aryl methyl sites for hydroxylation is 1. The lowest BCUT2D eigenvalue weighted by molar-refractivity contribution is 0.680. The second-order valence-electron chi connectivity index (χ2n) is 3.38. The summed E-state index contributed by atoms with van der Waals surface area (Å²) in [5.41, 5.74) is 0.957. The zero-order valence-electron chi connectivity index (χ0n) is 8.68. The molecule has 0 N–H and O–H groups in total. The van der Waals surface area contributed by atoms with Crippen molar-refractivity contribution in [2.24, 2.45) is 0 Å². The van der Waals surface area contributed by atoms with E-state index in [1.165, 1.54) is 0 Å². The lowest BCUT2D eigenvalue weighted by Gasteiger charge is -2.04. The molecule has 0 aliphatic rings. The highest BCUT2D eigenvalue weighted by Crippen LogP contribution is 2.22. The molecule has 2 aromatic rings. The van der Waals surface area contributed by atoms with Crippen molar-refractivity contribution in [1.82, 2.24) is 4.98 Å². The second kappa shape index (κ2) is 4.76. The summed E-state index contributed by atoms with van der Waals surface area (Å²) in [5, 5.41) is 0.862. The van der Waals surface area contributed by atoms with Crippen LogP contribution in [0.5, 0.6) is 0 Å². The van der Waals surface area contributed by atoms with Gasteiger partial charge in [-0.2, -0.15) is 0 Å². The zero-order valence-corrected chi connectivity index (χ0v) is 10.3. The van der Waals surface area contributed by atoms with Gasteiger partial charge in [0, 0.05) is 11.1 Å². The Hall–Kier alpha value is -1.19. The Morgan fingerprint density at radius 3 is 2.56 bits per heavy atom. The summed E-state index contributed by atoms with van der Waals surface area (Å²) in [6.45, 7) is 1.90. The van der Waals surface area contributed by atoms with E-state index in [0.717, 1.165) is 5.56 Å². The maximum atomic E-state index is 12.1. The molecular formula is C12H10ClNOS. The van der Waals surface area contributed by atoms with Crippen molar-refractivity contribution in [2.45, 2.75) is 16.8 Å². The van der Waals surface area contributed by atoms with Crippen molar-refractivity contribution < 1.29 is 4.21 Å². The van der Waals surface area contributed by atoms with E-state index < -0.39 is 10.8 Å². The minimum absolute atomic E-state index is 0.415. The monoisotopic (exact) mass is 251 g/mol. The molecule has 0 amide bonds. The van der Waals surface area contributed by atoms with Gasteiger partial charge in [-0.15, -0.1) is 0 Å². The van der Waals surface area contributed by atoms with Gasteiger partial charge in [-0.1, -0.05) is 29.8 Å². The molecule has 2 nitrogen and oxygen atoms in total. The van der Waals surface area contributed by atoms with Crippen LogP contribution < -0.4 is 0 Å². The zero-order chi connectivity index (χ0) is 11.5. The average molecular weight is 252 g/mol. The van der Waals surface area contributed by atoms with Crippen molar-refractivity contribution in [3.8, 4) is 0 Å². The smallest absolute Gasteiger partial charge is 0.150 e. The summed E-state index contributed by atoms with van der Waals surface area (Å²) >= 11 is 6.02. The maximum Gasteiger partial charge on any atom is 0.150 e. The van der Waals surface area contributed by atoms with E-state index in [1.54, 1.807) is 24.4 Å². The van der Waals surface area contributed by atoms with Gasteiger partial charge in [0.25, 0.3) is 0 Å². The van der Waals surface area contributed by atoms with Gasteiger partial charge >= 0.3 is 0 Å². The van der Waals surface area contributed by atoms with Gasteiger partial charge in [0.05, 0.1) is 5.02 Å². The van der Waals surface area contributed by atoms with Gasteiger partial charge in [0.1, 0.15) is 10.8 Å². The minimum atomic E-state index is -1.31. The Balaban J connectivity index is 2.42. The predicted molar refractivity (Wildman–Crippen MR) is 65.1 cm³/mol. The molecule has 2 rings (SSSR count). The molecular weight excluding hydrogens is 242 g/mol. The molecule has 0 spiro atoms. The largest absolute Gasteiger partial charge is 0.247 e. The molecule has 16 heavy (non-hydrogen) atoms. The Kier molecular flexibility index (Phi) is 3.36. The molecule has 0 aliphatic heterocycles. The summed E-state index contributed by atoms with van der Waals surface area (Å²) in [7, 11) is -1.31. The Morgan fingerprint density at radius 2 is 1.94 bits per heavy atom. The summed E-state index contributed by atoms with van der Waals surface area (Å²) in [5.74, 6) is 0. The van der Waals surface area contributed by atoms with Gasteiger partial charge in [0.2, 0.25) is 0 Å². The molecule has 1 aromatic heterocycles. The summed E-state index contributed by atoms with van der Waals surface area (Å²) in [6.07, 6.45) is 1.67. The third-order valence-electron chi connectivity index (χ3n) is 2.08. The Labute approximate surface area is 102 Å². The Morgan fingerprint density at radius 1 is 1.25 bits per heavy atom. The van der Waals surface area contributed by atoms with Crippen LogP contribution in [0.1, 0.15) is 5.56 Å². The minimum Gasteiger partial charge on any atom is -0.247 e. The number of pyridine rings is 1. The van der Waals surface area contributed by atoms with Crippen LogP contribution in [-0.2, 0) is 10.8 Å². The van der Waals surface area contributed by atoms with Crippen molar-refractivity contribution >= 4 is 22.4 Å². The van der Waals surface area contributed by atoms with E-state index in [1.807, 2.05) is 25.1 Å². The fourth-order valence-electron chi connectivity index (χ4n) is 1.31. The molecule has 1 aromatic carbocycles. The SMILES string of the molecule is Cc1cnc(S(=O)c2ccccc2)c(Cl)c1. The molecule has 82 valence electrons. The first kappa shape index (κ1) is 11.3. The fraction of sp³-hybridized carbons (Fsp3) is 0.0833. The molecule has 0 bridgehead atoms. The number of halogens is 1. The van der Waals surface area contributed by atoms with Gasteiger partial charge in [-0.25, -0.2) is 9.19 Å². The van der Waals surface area contributed by atoms with Crippen molar-refractivity contribution in [3.63, 3.8) is 0 Å². The molecule has 0 aliphatic carbocycles. The van der Waals surface area contributed by atoms with E-state index in [-0.39, 0.29) is 0 Å². The first-order valence-electron chi connectivity index (χ1n) is 4.77. The van der Waals surface area contributed by atoms with E-state index in [0.29, 0.717) is 14.9 Å². The highest BCUT2D eigenvalue weighted by Gasteiger charge is 2.12. The van der Waals surface area contributed by atoms with Crippen molar-refractivity contribution in [1.29, 1.82) is 0 Å². The molecule has 0 saturated carbocycles. The van der Waals surface area contributed by atoms with E-state index >= 15 is 0 Å². The topological polar surface area (TPSA) is 30.0 Å². The maximum absolute atomic E-state index is 12.1. The summed E-state index contributed by atoms with van der Waals surface area (Å²) in [4.78, 5) is 4.83. The summed E-state index contributed by atoms with van der Waals surface area (Å²) < 4.78 is 12.1. The van der Waals surface area contributed by atoms with Crippen molar-refractivity contribution in [2.75, 3.05) is 0 Å². The standard InChI is InChI=1S/C12H10ClNOS/c1-9-7-11(13)12(14-8-9)16(15)10-5-3-2-4-6-10/h2-8H,1H3. The number of benzene rings is 1. The van der Waals surface area contributed by atoms with Gasteiger partial charge in [-0.3, -0.25) is 0 Å². The molecule has 1 heterocycles. The third-order valence-corrected chi connectivity index (χ3v) is 3.85. The lowest BCUT2D eigenvalue weighted by atomic mass is 10.3. The lowest BCUT2D eigenvalue weighted by Crippen LogP contribution is -1.97. The van der Waals surface area contributed by atoms with E-state index in [2.05, 4.69) is 4.98 Å². The van der Waals surface area contributed by atoms with Gasteiger partial charge in [0.15, 0.2) is 5.03 Å². The number of rotatable bonds is 2. The van der Waals surface area contributed by atoms with Crippen LogP contribution in [0, 0.1) is 6.92 Å². The quantitative estimate of drug-likeness (QED) is 0.820. The second-order valence-corrected chi connectivity index (χ2v) is 5.18. The average Bonchev–Trinajstić information content (AvgIpc) is 2.29. The fourth-order valence-corrected chi connectivity index (χ4v) is 2.76. The molecule has 1 atom stereocenters. The van der Waals surface area contributed by atoms with Crippen LogP contribution in [0.2, 0.25) is 5.02 Å². The first-order valence-corrected chi connectivity index (χ1v) is 6.30. The summed E-state index contributed by atoms with van der Waals surface area (Å²) in [6, 6.07) is 10.9. The molecule has 1 unspecified atom stereocenters. The predicted octanol–water partition coefficient (Wildman–Crippen LogP) is 3.21.